The number of nitrogens with one attached hydrogen (secondary N) is 1. The third-order valence-corrected chi connectivity index (χ3v) is 3.70. The van der Waals surface area contributed by atoms with Gasteiger partial charge in [-0.15, -0.1) is 0 Å². The molecule has 0 aliphatic heterocycles. The smallest absolute Gasteiger partial charge is 0.265 e. The summed E-state index contributed by atoms with van der Waals surface area (Å²) < 4.78 is 5.68. The number of carbonyl (C=O) groups is 1. The maximum absolute atomic E-state index is 12.5. The van der Waals surface area contributed by atoms with Crippen molar-refractivity contribution in [2.75, 3.05) is 5.32 Å². The van der Waals surface area contributed by atoms with Gasteiger partial charge in [0.05, 0.1) is 0 Å². The third kappa shape index (κ3) is 3.82. The highest BCUT2D eigenvalue weighted by Gasteiger charge is 2.16. The van der Waals surface area contributed by atoms with Gasteiger partial charge in [-0.25, -0.2) is 0 Å². The normalized spacial score (nSPS) is 11.5. The van der Waals surface area contributed by atoms with Crippen LogP contribution in [0.4, 0.5) is 5.69 Å². The molecule has 1 unspecified atom stereocenters. The molecule has 1 N–H and O–H groups in total. The predicted octanol–water partition coefficient (Wildman–Crippen LogP) is 4.76. The molecule has 3 heteroatoms. The summed E-state index contributed by atoms with van der Waals surface area (Å²) in [7, 11) is 0. The molecular formula is C21H19NO2. The maximum Gasteiger partial charge on any atom is 0.265 e. The van der Waals surface area contributed by atoms with E-state index in [1.165, 1.54) is 0 Å². The van der Waals surface area contributed by atoms with E-state index in [-0.39, 0.29) is 5.91 Å². The van der Waals surface area contributed by atoms with Gasteiger partial charge in [0.25, 0.3) is 5.91 Å². The first-order chi connectivity index (χ1) is 11.7. The van der Waals surface area contributed by atoms with E-state index in [0.29, 0.717) is 5.75 Å². The molecule has 24 heavy (non-hydrogen) atoms. The minimum Gasteiger partial charge on any atom is -0.481 e. The molecule has 0 fully saturated rings. The molecule has 1 atom stereocenters. The van der Waals surface area contributed by atoms with Crippen molar-refractivity contribution < 1.29 is 9.53 Å². The maximum atomic E-state index is 12.5. The molecule has 0 saturated carbocycles. The summed E-state index contributed by atoms with van der Waals surface area (Å²) in [6.07, 6.45) is -0.587. The van der Waals surface area contributed by atoms with Crippen molar-refractivity contribution in [1.82, 2.24) is 0 Å². The zero-order valence-electron chi connectivity index (χ0n) is 13.5. The third-order valence-electron chi connectivity index (χ3n) is 3.70. The zero-order chi connectivity index (χ0) is 16.8. The number of anilines is 1. The van der Waals surface area contributed by atoms with Crippen molar-refractivity contribution in [2.24, 2.45) is 0 Å². The standard InChI is InChI=1S/C21H19NO2/c1-16(24-18-12-6-3-7-13-18)21(23)22-20-15-9-8-14-19(20)17-10-4-2-5-11-17/h2-16H,1H3,(H,22,23). The van der Waals surface area contributed by atoms with Crippen LogP contribution in [0.25, 0.3) is 11.1 Å². The highest BCUT2D eigenvalue weighted by molar-refractivity contribution is 5.97. The number of benzene rings is 3. The Bertz CT molecular complexity index is 800. The first-order valence-electron chi connectivity index (χ1n) is 7.91. The SMILES string of the molecule is CC(Oc1ccccc1)C(=O)Nc1ccccc1-c1ccccc1. The summed E-state index contributed by atoms with van der Waals surface area (Å²) in [5, 5.41) is 2.97. The average Bonchev–Trinajstić information content (AvgIpc) is 2.63. The van der Waals surface area contributed by atoms with Gasteiger partial charge in [0, 0.05) is 11.3 Å². The summed E-state index contributed by atoms with van der Waals surface area (Å²) in [5.41, 5.74) is 2.82. The number of carbonyl (C=O) groups excluding carboxylic acids is 1. The first-order valence-corrected chi connectivity index (χ1v) is 7.91. The van der Waals surface area contributed by atoms with Gasteiger partial charge >= 0.3 is 0 Å². The molecule has 3 aromatic rings. The minimum atomic E-state index is -0.587. The average molecular weight is 317 g/mol. The van der Waals surface area contributed by atoms with Crippen molar-refractivity contribution in [3.63, 3.8) is 0 Å². The zero-order valence-corrected chi connectivity index (χ0v) is 13.5. The van der Waals surface area contributed by atoms with E-state index in [1.807, 2.05) is 84.9 Å². The summed E-state index contributed by atoms with van der Waals surface area (Å²) in [5.74, 6) is 0.499. The highest BCUT2D eigenvalue weighted by atomic mass is 16.5. The van der Waals surface area contributed by atoms with E-state index in [2.05, 4.69) is 5.32 Å². The second-order valence-electron chi connectivity index (χ2n) is 5.47. The Balaban J connectivity index is 1.75. The van der Waals surface area contributed by atoms with Crippen LogP contribution in [-0.4, -0.2) is 12.0 Å². The molecule has 0 aliphatic rings. The number of hydrogen-bond acceptors (Lipinski definition) is 2. The molecule has 0 saturated heterocycles. The van der Waals surface area contributed by atoms with Gasteiger partial charge in [-0.05, 0) is 30.7 Å². The van der Waals surface area contributed by atoms with Crippen molar-refractivity contribution >= 4 is 11.6 Å². The quantitative estimate of drug-likeness (QED) is 0.737. The molecule has 0 aromatic heterocycles. The molecule has 120 valence electrons. The second-order valence-corrected chi connectivity index (χ2v) is 5.47. The fourth-order valence-corrected chi connectivity index (χ4v) is 2.45. The van der Waals surface area contributed by atoms with Gasteiger partial charge in [-0.1, -0.05) is 66.7 Å². The van der Waals surface area contributed by atoms with E-state index in [1.54, 1.807) is 6.92 Å². The summed E-state index contributed by atoms with van der Waals surface area (Å²) in [6.45, 7) is 1.74. The molecule has 3 rings (SSSR count). The summed E-state index contributed by atoms with van der Waals surface area (Å²) in [4.78, 5) is 12.5. The number of rotatable bonds is 5. The predicted molar refractivity (Wildman–Crippen MR) is 97.0 cm³/mol. The fourth-order valence-electron chi connectivity index (χ4n) is 2.45. The van der Waals surface area contributed by atoms with Crippen LogP contribution in [0.15, 0.2) is 84.9 Å². The lowest BCUT2D eigenvalue weighted by Gasteiger charge is -2.16. The molecule has 1 amide bonds. The van der Waals surface area contributed by atoms with E-state index < -0.39 is 6.10 Å². The number of ether oxygens (including phenoxy) is 1. The Morgan fingerprint density at radius 2 is 1.42 bits per heavy atom. The summed E-state index contributed by atoms with van der Waals surface area (Å²) >= 11 is 0. The Kier molecular flexibility index (Phi) is 4.92. The van der Waals surface area contributed by atoms with Gasteiger partial charge in [-0.2, -0.15) is 0 Å². The lowest BCUT2D eigenvalue weighted by Crippen LogP contribution is -2.30. The van der Waals surface area contributed by atoms with Crippen LogP contribution in [0.3, 0.4) is 0 Å². The van der Waals surface area contributed by atoms with E-state index >= 15 is 0 Å². The number of amides is 1. The highest BCUT2D eigenvalue weighted by Crippen LogP contribution is 2.27. The van der Waals surface area contributed by atoms with Crippen LogP contribution in [0, 0.1) is 0 Å². The Morgan fingerprint density at radius 1 is 0.833 bits per heavy atom. The lowest BCUT2D eigenvalue weighted by atomic mass is 10.0. The molecule has 0 radical (unpaired) electrons. The second kappa shape index (κ2) is 7.47. The van der Waals surface area contributed by atoms with E-state index in [9.17, 15) is 4.79 Å². The molecule has 0 spiro atoms. The van der Waals surface area contributed by atoms with Crippen LogP contribution < -0.4 is 10.1 Å². The van der Waals surface area contributed by atoms with Crippen molar-refractivity contribution in [1.29, 1.82) is 0 Å². The molecular weight excluding hydrogens is 298 g/mol. The number of para-hydroxylation sites is 2. The Hall–Kier alpha value is -3.07. The number of hydrogen-bond donors (Lipinski definition) is 1. The first kappa shape index (κ1) is 15.8. The molecule has 3 nitrogen and oxygen atoms in total. The van der Waals surface area contributed by atoms with Gasteiger partial charge in [0.1, 0.15) is 5.75 Å². The Morgan fingerprint density at radius 3 is 2.12 bits per heavy atom. The summed E-state index contributed by atoms with van der Waals surface area (Å²) in [6, 6.07) is 27.1. The monoisotopic (exact) mass is 317 g/mol. The molecule has 0 bridgehead atoms. The van der Waals surface area contributed by atoms with Crippen LogP contribution in [0.1, 0.15) is 6.92 Å². The van der Waals surface area contributed by atoms with Gasteiger partial charge in [0.15, 0.2) is 6.10 Å². The van der Waals surface area contributed by atoms with Crippen LogP contribution in [0.5, 0.6) is 5.75 Å². The van der Waals surface area contributed by atoms with Crippen molar-refractivity contribution in [3.05, 3.63) is 84.9 Å². The molecule has 0 aliphatic carbocycles. The van der Waals surface area contributed by atoms with Gasteiger partial charge in [-0.3, -0.25) is 4.79 Å². The molecule has 0 heterocycles. The van der Waals surface area contributed by atoms with Crippen LogP contribution in [0.2, 0.25) is 0 Å². The lowest BCUT2D eigenvalue weighted by molar-refractivity contribution is -0.122. The molecule has 3 aromatic carbocycles. The Labute approximate surface area is 141 Å². The topological polar surface area (TPSA) is 38.3 Å². The van der Waals surface area contributed by atoms with Gasteiger partial charge in [0.2, 0.25) is 0 Å². The van der Waals surface area contributed by atoms with Crippen molar-refractivity contribution in [3.8, 4) is 16.9 Å². The van der Waals surface area contributed by atoms with Gasteiger partial charge < -0.3 is 10.1 Å². The fraction of sp³-hybridized carbons (Fsp3) is 0.0952. The van der Waals surface area contributed by atoms with Crippen LogP contribution in [-0.2, 0) is 4.79 Å². The van der Waals surface area contributed by atoms with Crippen molar-refractivity contribution in [2.45, 2.75) is 13.0 Å². The largest absolute Gasteiger partial charge is 0.481 e. The van der Waals surface area contributed by atoms with E-state index in [0.717, 1.165) is 16.8 Å². The minimum absolute atomic E-state index is 0.178. The van der Waals surface area contributed by atoms with Crippen LogP contribution >= 0.6 is 0 Å². The van der Waals surface area contributed by atoms with E-state index in [4.69, 9.17) is 4.74 Å².